The molecule has 0 aromatic heterocycles. The molecular formula is C20H42O12. The molecule has 0 fully saturated rings. The van der Waals surface area contributed by atoms with E-state index < -0.39 is 6.29 Å². The normalized spacial score (nSPS) is 13.7. The molecule has 0 aliphatic heterocycles. The summed E-state index contributed by atoms with van der Waals surface area (Å²) in [7, 11) is 0. The smallest absolute Gasteiger partial charge is 0.181 e. The molecule has 2 unspecified atom stereocenters. The van der Waals surface area contributed by atoms with Crippen LogP contribution in [0.1, 0.15) is 12.8 Å². The van der Waals surface area contributed by atoms with Crippen molar-refractivity contribution in [1.82, 2.24) is 0 Å². The Morgan fingerprint density at radius 2 is 0.781 bits per heavy atom. The zero-order valence-electron chi connectivity index (χ0n) is 18.8. The van der Waals surface area contributed by atoms with E-state index in [-0.39, 0.29) is 84.9 Å². The second-order valence-corrected chi connectivity index (χ2v) is 6.58. The number of rotatable bonds is 26. The van der Waals surface area contributed by atoms with Gasteiger partial charge in [-0.3, -0.25) is 0 Å². The van der Waals surface area contributed by atoms with E-state index in [0.29, 0.717) is 39.3 Å². The molecule has 0 heterocycles. The largest absolute Gasteiger partial charge is 0.394 e. The van der Waals surface area contributed by atoms with Gasteiger partial charge in [-0.05, 0) is 12.8 Å². The number of ether oxygens (including phenoxy) is 7. The lowest BCUT2D eigenvalue weighted by Crippen LogP contribution is -2.29. The highest BCUT2D eigenvalue weighted by molar-refractivity contribution is 4.60. The van der Waals surface area contributed by atoms with Crippen molar-refractivity contribution < 1.29 is 58.7 Å². The zero-order valence-corrected chi connectivity index (χ0v) is 18.8. The first kappa shape index (κ1) is 31.5. The van der Waals surface area contributed by atoms with Gasteiger partial charge in [0.2, 0.25) is 0 Å². The molecule has 0 spiro atoms. The molecule has 0 radical (unpaired) electrons. The van der Waals surface area contributed by atoms with Gasteiger partial charge in [0.05, 0.1) is 98.1 Å². The highest BCUT2D eigenvalue weighted by atomic mass is 16.7. The highest BCUT2D eigenvalue weighted by Crippen LogP contribution is 2.05. The SMILES string of the molecule is OCCOCC(CCOCC(CCOCC(OCCO)OCCO)OCCO)OCCO. The molecule has 5 N–H and O–H groups in total. The molecule has 0 saturated heterocycles. The minimum Gasteiger partial charge on any atom is -0.394 e. The Morgan fingerprint density at radius 1 is 0.406 bits per heavy atom. The molecule has 0 rings (SSSR count). The summed E-state index contributed by atoms with van der Waals surface area (Å²) in [5.41, 5.74) is 0. The van der Waals surface area contributed by atoms with Gasteiger partial charge in [-0.1, -0.05) is 0 Å². The van der Waals surface area contributed by atoms with Crippen LogP contribution in [0.25, 0.3) is 0 Å². The van der Waals surface area contributed by atoms with Crippen LogP contribution in [0.4, 0.5) is 0 Å². The lowest BCUT2D eigenvalue weighted by Gasteiger charge is -2.21. The van der Waals surface area contributed by atoms with Gasteiger partial charge >= 0.3 is 0 Å². The van der Waals surface area contributed by atoms with Crippen molar-refractivity contribution >= 4 is 0 Å². The molecule has 0 aromatic rings. The van der Waals surface area contributed by atoms with Gasteiger partial charge in [-0.15, -0.1) is 0 Å². The molecule has 0 bridgehead atoms. The molecule has 2 atom stereocenters. The molecule has 12 heteroatoms. The maximum Gasteiger partial charge on any atom is 0.181 e. The fraction of sp³-hybridized carbons (Fsp3) is 1.00. The van der Waals surface area contributed by atoms with Gasteiger partial charge < -0.3 is 58.7 Å². The predicted molar refractivity (Wildman–Crippen MR) is 112 cm³/mol. The predicted octanol–water partition coefficient (Wildman–Crippen LogP) is -2.09. The van der Waals surface area contributed by atoms with Crippen LogP contribution in [-0.4, -0.2) is 143 Å². The number of hydrogen-bond donors (Lipinski definition) is 5. The maximum atomic E-state index is 9.01. The summed E-state index contributed by atoms with van der Waals surface area (Å²) in [6, 6.07) is 0. The molecule has 0 aliphatic rings. The summed E-state index contributed by atoms with van der Waals surface area (Å²) in [6.45, 7) is 1.64. The van der Waals surface area contributed by atoms with Crippen LogP contribution >= 0.6 is 0 Å². The first-order chi connectivity index (χ1) is 15.7. The Bertz CT molecular complexity index is 355. The third kappa shape index (κ3) is 20.1. The Hall–Kier alpha value is -0.480. The van der Waals surface area contributed by atoms with Gasteiger partial charge in [0.15, 0.2) is 6.29 Å². The van der Waals surface area contributed by atoms with E-state index in [0.717, 1.165) is 0 Å². The van der Waals surface area contributed by atoms with Gasteiger partial charge in [0, 0.05) is 13.2 Å². The average molecular weight is 475 g/mol. The number of aliphatic hydroxyl groups excluding tert-OH is 5. The molecule has 0 aromatic carbocycles. The molecule has 12 nitrogen and oxygen atoms in total. The molecule has 0 amide bonds. The third-order valence-corrected chi connectivity index (χ3v) is 3.95. The van der Waals surface area contributed by atoms with Crippen molar-refractivity contribution in [3.63, 3.8) is 0 Å². The minimum absolute atomic E-state index is 0.0724. The molecule has 0 aliphatic carbocycles. The summed E-state index contributed by atoms with van der Waals surface area (Å²) in [5.74, 6) is 0. The van der Waals surface area contributed by atoms with Gasteiger partial charge in [0.25, 0.3) is 0 Å². The lowest BCUT2D eigenvalue weighted by atomic mass is 10.2. The lowest BCUT2D eigenvalue weighted by molar-refractivity contribution is -0.181. The van der Waals surface area contributed by atoms with Gasteiger partial charge in [-0.2, -0.15) is 0 Å². The molecule has 32 heavy (non-hydrogen) atoms. The summed E-state index contributed by atoms with van der Waals surface area (Å²) in [5, 5.41) is 44.4. The molecule has 0 saturated carbocycles. The standard InChI is InChI=1S/C20H42O12/c21-3-10-28-16-19(30-12-5-23)1-8-26-15-18(29-11-4-22)2-9-27-17-20(31-13-6-24)32-14-7-25/h18-25H,1-17H2. The van der Waals surface area contributed by atoms with Gasteiger partial charge in [0.1, 0.15) is 0 Å². The van der Waals surface area contributed by atoms with Crippen molar-refractivity contribution in [3.05, 3.63) is 0 Å². The quantitative estimate of drug-likeness (QED) is 0.0686. The Morgan fingerprint density at radius 3 is 1.22 bits per heavy atom. The zero-order chi connectivity index (χ0) is 23.7. The van der Waals surface area contributed by atoms with Crippen molar-refractivity contribution in [1.29, 1.82) is 0 Å². The second kappa shape index (κ2) is 25.1. The fourth-order valence-corrected chi connectivity index (χ4v) is 2.48. The summed E-state index contributed by atoms with van der Waals surface area (Å²) in [6.07, 6.45) is -0.188. The Labute approximate surface area is 189 Å². The third-order valence-electron chi connectivity index (χ3n) is 3.95. The van der Waals surface area contributed by atoms with Crippen molar-refractivity contribution in [2.75, 3.05) is 99.1 Å². The molecular weight excluding hydrogens is 432 g/mol. The van der Waals surface area contributed by atoms with Gasteiger partial charge in [-0.25, -0.2) is 0 Å². The fourth-order valence-electron chi connectivity index (χ4n) is 2.48. The first-order valence-corrected chi connectivity index (χ1v) is 11.0. The topological polar surface area (TPSA) is 166 Å². The second-order valence-electron chi connectivity index (χ2n) is 6.58. The van der Waals surface area contributed by atoms with E-state index in [1.54, 1.807) is 0 Å². The Balaban J connectivity index is 4.22. The van der Waals surface area contributed by atoms with Crippen molar-refractivity contribution in [2.24, 2.45) is 0 Å². The van der Waals surface area contributed by atoms with E-state index in [4.69, 9.17) is 58.7 Å². The van der Waals surface area contributed by atoms with Crippen LogP contribution in [0.2, 0.25) is 0 Å². The van der Waals surface area contributed by atoms with E-state index in [1.807, 2.05) is 0 Å². The van der Waals surface area contributed by atoms with E-state index in [2.05, 4.69) is 0 Å². The molecule has 194 valence electrons. The van der Waals surface area contributed by atoms with Crippen molar-refractivity contribution in [3.8, 4) is 0 Å². The van der Waals surface area contributed by atoms with Crippen LogP contribution in [0.15, 0.2) is 0 Å². The Kier molecular flexibility index (Phi) is 24.8. The van der Waals surface area contributed by atoms with E-state index >= 15 is 0 Å². The average Bonchev–Trinajstić information content (AvgIpc) is 2.81. The van der Waals surface area contributed by atoms with Crippen LogP contribution < -0.4 is 0 Å². The summed E-state index contributed by atoms with van der Waals surface area (Å²) in [4.78, 5) is 0. The number of hydrogen-bond acceptors (Lipinski definition) is 12. The summed E-state index contributed by atoms with van der Waals surface area (Å²) < 4.78 is 38.1. The monoisotopic (exact) mass is 474 g/mol. The van der Waals surface area contributed by atoms with Crippen LogP contribution in [0.5, 0.6) is 0 Å². The van der Waals surface area contributed by atoms with Crippen LogP contribution in [-0.2, 0) is 33.2 Å². The van der Waals surface area contributed by atoms with E-state index in [9.17, 15) is 0 Å². The van der Waals surface area contributed by atoms with Crippen molar-refractivity contribution in [2.45, 2.75) is 31.3 Å². The van der Waals surface area contributed by atoms with Crippen LogP contribution in [0, 0.1) is 0 Å². The number of aliphatic hydroxyl groups is 5. The maximum absolute atomic E-state index is 9.01. The highest BCUT2D eigenvalue weighted by Gasteiger charge is 2.14. The summed E-state index contributed by atoms with van der Waals surface area (Å²) >= 11 is 0. The first-order valence-electron chi connectivity index (χ1n) is 11.0. The minimum atomic E-state index is -0.689. The van der Waals surface area contributed by atoms with E-state index in [1.165, 1.54) is 0 Å². The van der Waals surface area contributed by atoms with Crippen LogP contribution in [0.3, 0.4) is 0 Å².